The Balaban J connectivity index is 2.57. The van der Waals surface area contributed by atoms with E-state index in [9.17, 15) is 28.8 Å². The molecule has 0 amide bonds. The highest BCUT2D eigenvalue weighted by atomic mass is 16.8. The maximum absolute atomic E-state index is 12.1. The minimum atomic E-state index is -1.65. The third-order valence-corrected chi connectivity index (χ3v) is 5.73. The molecular weight excluding hydrogens is 556 g/mol. The van der Waals surface area contributed by atoms with E-state index in [1.807, 2.05) is 0 Å². The third kappa shape index (κ3) is 9.32. The molecule has 2 rings (SSSR count). The van der Waals surface area contributed by atoms with Crippen molar-refractivity contribution in [3.8, 4) is 0 Å². The predicted molar refractivity (Wildman–Crippen MR) is 130 cm³/mol. The van der Waals surface area contributed by atoms with Crippen molar-refractivity contribution in [2.24, 2.45) is 11.5 Å². The van der Waals surface area contributed by atoms with Gasteiger partial charge in [-0.2, -0.15) is 0 Å². The Morgan fingerprint density at radius 3 is 0.951 bits per heavy atom. The van der Waals surface area contributed by atoms with Crippen LogP contribution in [0.15, 0.2) is 0 Å². The van der Waals surface area contributed by atoms with E-state index >= 15 is 0 Å². The third-order valence-electron chi connectivity index (χ3n) is 5.73. The molecule has 10 atom stereocenters. The van der Waals surface area contributed by atoms with E-state index in [1.165, 1.54) is 0 Å². The van der Waals surface area contributed by atoms with E-state index in [4.69, 9.17) is 54.1 Å². The van der Waals surface area contributed by atoms with Crippen molar-refractivity contribution in [2.75, 3.05) is 13.1 Å². The Bertz CT molecular complexity index is 914. The first-order valence-corrected chi connectivity index (χ1v) is 12.6. The van der Waals surface area contributed by atoms with Gasteiger partial charge in [0, 0.05) is 54.6 Å². The lowest BCUT2D eigenvalue weighted by atomic mass is 9.96. The number of carbonyl (C=O) groups excluding carboxylic acids is 6. The molecule has 0 aromatic heterocycles. The molecule has 41 heavy (non-hydrogen) atoms. The Labute approximate surface area is 235 Å². The Morgan fingerprint density at radius 2 is 0.707 bits per heavy atom. The van der Waals surface area contributed by atoms with Crippen LogP contribution in [0.25, 0.3) is 0 Å². The molecule has 0 saturated carbocycles. The van der Waals surface area contributed by atoms with Crippen LogP contribution in [0, 0.1) is 0 Å². The van der Waals surface area contributed by atoms with Crippen LogP contribution in [0.5, 0.6) is 0 Å². The van der Waals surface area contributed by atoms with Gasteiger partial charge in [0.25, 0.3) is 0 Å². The van der Waals surface area contributed by atoms with Crippen LogP contribution in [0.2, 0.25) is 0 Å². The molecule has 0 aromatic carbocycles. The summed E-state index contributed by atoms with van der Waals surface area (Å²) < 4.78 is 49.7. The molecule has 17 nitrogen and oxygen atoms in total. The van der Waals surface area contributed by atoms with Crippen LogP contribution in [-0.4, -0.2) is 110 Å². The number of rotatable bonds is 10. The fourth-order valence-electron chi connectivity index (χ4n) is 4.44. The Morgan fingerprint density at radius 1 is 0.463 bits per heavy atom. The summed E-state index contributed by atoms with van der Waals surface area (Å²) in [6, 6.07) is 0. The summed E-state index contributed by atoms with van der Waals surface area (Å²) in [4.78, 5) is 71.7. The van der Waals surface area contributed by atoms with Crippen molar-refractivity contribution < 1.29 is 71.4 Å². The standard InChI is InChI=1S/C24H36N2O15/c1-9(27)33-17-15(7-25)39-23(21(37-13(5)31)19(17)35-11(3)29)41-24-22(38-14(6)32)20(36-12(4)30)18(34-10(2)28)16(8-26)40-24/h15-24H,7-8,25-26H2,1-6H3/t15-,16-,17-,18-,19+,20+,21-,22-,23-,24-/m1/s1. The van der Waals surface area contributed by atoms with Crippen molar-refractivity contribution in [1.29, 1.82) is 0 Å². The number of esters is 6. The summed E-state index contributed by atoms with van der Waals surface area (Å²) in [6.45, 7) is 5.90. The van der Waals surface area contributed by atoms with E-state index in [2.05, 4.69) is 0 Å². The minimum Gasteiger partial charge on any atom is -0.456 e. The molecule has 0 bridgehead atoms. The maximum Gasteiger partial charge on any atom is 0.303 e. The molecule has 2 aliphatic heterocycles. The normalized spacial score (nSPS) is 33.1. The van der Waals surface area contributed by atoms with Gasteiger partial charge in [0.2, 0.25) is 12.6 Å². The van der Waals surface area contributed by atoms with Crippen molar-refractivity contribution in [3.05, 3.63) is 0 Å². The average Bonchev–Trinajstić information content (AvgIpc) is 2.84. The van der Waals surface area contributed by atoms with E-state index in [1.54, 1.807) is 0 Å². The first-order chi connectivity index (χ1) is 19.2. The Kier molecular flexibility index (Phi) is 12.4. The van der Waals surface area contributed by atoms with Crippen molar-refractivity contribution in [1.82, 2.24) is 0 Å². The fourth-order valence-corrected chi connectivity index (χ4v) is 4.44. The van der Waals surface area contributed by atoms with Gasteiger partial charge in [0.05, 0.1) is 0 Å². The topological polar surface area (TPSA) is 238 Å². The average molecular weight is 593 g/mol. The van der Waals surface area contributed by atoms with Gasteiger partial charge < -0.3 is 54.1 Å². The molecule has 232 valence electrons. The summed E-state index contributed by atoms with van der Waals surface area (Å²) in [5.41, 5.74) is 11.7. The van der Waals surface area contributed by atoms with Gasteiger partial charge in [-0.25, -0.2) is 0 Å². The van der Waals surface area contributed by atoms with Crippen LogP contribution in [-0.2, 0) is 71.4 Å². The van der Waals surface area contributed by atoms with E-state index in [0.717, 1.165) is 41.5 Å². The molecule has 0 aliphatic carbocycles. The second kappa shape index (κ2) is 15.0. The number of carbonyl (C=O) groups is 6. The van der Waals surface area contributed by atoms with Crippen molar-refractivity contribution >= 4 is 35.8 Å². The fraction of sp³-hybridized carbons (Fsp3) is 0.750. The Hall–Kier alpha value is -3.38. The van der Waals surface area contributed by atoms with Crippen LogP contribution in [0.3, 0.4) is 0 Å². The van der Waals surface area contributed by atoms with E-state index < -0.39 is 97.2 Å². The van der Waals surface area contributed by atoms with Crippen LogP contribution < -0.4 is 11.5 Å². The number of nitrogens with two attached hydrogens (primary N) is 2. The highest BCUT2D eigenvalue weighted by molar-refractivity contribution is 5.69. The van der Waals surface area contributed by atoms with Gasteiger partial charge in [-0.3, -0.25) is 28.8 Å². The molecule has 17 heteroatoms. The van der Waals surface area contributed by atoms with Crippen LogP contribution in [0.1, 0.15) is 41.5 Å². The molecule has 2 saturated heterocycles. The lowest BCUT2D eigenvalue weighted by Gasteiger charge is -2.48. The molecule has 2 aliphatic rings. The molecule has 0 spiro atoms. The SMILES string of the molecule is CC(=O)O[C@@H]1[C@@H](OC(C)=O)[C@@H](O[C@H]2O[C@H](CN)[C@@H](OC(C)=O)[C@H](OC(C)=O)[C@H]2OC(C)=O)O[C@H](CN)[C@H]1OC(C)=O. The molecule has 2 heterocycles. The smallest absolute Gasteiger partial charge is 0.303 e. The van der Waals surface area contributed by atoms with E-state index in [-0.39, 0.29) is 13.1 Å². The number of hydrogen-bond donors (Lipinski definition) is 2. The first-order valence-electron chi connectivity index (χ1n) is 12.6. The molecule has 4 N–H and O–H groups in total. The summed E-state index contributed by atoms with van der Waals surface area (Å²) in [6.07, 6.45) is -14.3. The quantitative estimate of drug-likeness (QED) is 0.205. The van der Waals surface area contributed by atoms with Gasteiger partial charge in [0.1, 0.15) is 12.2 Å². The van der Waals surface area contributed by atoms with Crippen LogP contribution in [0.4, 0.5) is 0 Å². The number of hydrogen-bond acceptors (Lipinski definition) is 17. The molecule has 0 radical (unpaired) electrons. The van der Waals surface area contributed by atoms with Crippen molar-refractivity contribution in [3.63, 3.8) is 0 Å². The zero-order chi connectivity index (χ0) is 31.0. The zero-order valence-electron chi connectivity index (χ0n) is 23.5. The van der Waals surface area contributed by atoms with Gasteiger partial charge in [-0.15, -0.1) is 0 Å². The van der Waals surface area contributed by atoms with Crippen LogP contribution >= 0.6 is 0 Å². The van der Waals surface area contributed by atoms with Gasteiger partial charge in [0.15, 0.2) is 36.6 Å². The van der Waals surface area contributed by atoms with E-state index in [0.29, 0.717) is 0 Å². The molecule has 2 fully saturated rings. The zero-order valence-corrected chi connectivity index (χ0v) is 23.5. The molecule has 0 aromatic rings. The monoisotopic (exact) mass is 592 g/mol. The minimum absolute atomic E-state index is 0.280. The number of ether oxygens (including phenoxy) is 9. The predicted octanol–water partition coefficient (Wildman–Crippen LogP) is -2.04. The summed E-state index contributed by atoms with van der Waals surface area (Å²) in [5, 5.41) is 0. The van der Waals surface area contributed by atoms with Gasteiger partial charge in [-0.1, -0.05) is 0 Å². The summed E-state index contributed by atoms with van der Waals surface area (Å²) in [5.74, 6) is -4.90. The maximum atomic E-state index is 12.1. The lowest BCUT2D eigenvalue weighted by molar-refractivity contribution is -0.373. The van der Waals surface area contributed by atoms with Gasteiger partial charge >= 0.3 is 35.8 Å². The van der Waals surface area contributed by atoms with Gasteiger partial charge in [-0.05, 0) is 0 Å². The highest BCUT2D eigenvalue weighted by Crippen LogP contribution is 2.34. The second-order valence-electron chi connectivity index (χ2n) is 9.14. The lowest BCUT2D eigenvalue weighted by Crippen LogP contribution is -2.67. The molecular formula is C24H36N2O15. The molecule has 0 unspecified atom stereocenters. The summed E-state index contributed by atoms with van der Waals surface area (Å²) >= 11 is 0. The first kappa shape index (κ1) is 33.8. The second-order valence-corrected chi connectivity index (χ2v) is 9.14. The summed E-state index contributed by atoms with van der Waals surface area (Å²) in [7, 11) is 0. The van der Waals surface area contributed by atoms with Crippen molar-refractivity contribution in [2.45, 2.75) is 103 Å². The largest absolute Gasteiger partial charge is 0.456 e. The highest BCUT2D eigenvalue weighted by Gasteiger charge is 2.57.